The van der Waals surface area contributed by atoms with E-state index in [1.165, 1.54) is 22.5 Å². The molecule has 36 heavy (non-hydrogen) atoms. The van der Waals surface area contributed by atoms with E-state index in [-0.39, 0.29) is 33.9 Å². The van der Waals surface area contributed by atoms with Crippen LogP contribution in [-0.2, 0) is 32.6 Å². The Morgan fingerprint density at radius 3 is 2.47 bits per heavy atom. The Morgan fingerprint density at radius 2 is 1.81 bits per heavy atom. The molecule has 0 aliphatic carbocycles. The quantitative estimate of drug-likeness (QED) is 0.237. The molecule has 0 spiro atoms. The second kappa shape index (κ2) is 13.6. The largest absolute Gasteiger partial charge is 0.382 e. The second-order valence-electron chi connectivity index (χ2n) is 8.23. The third-order valence-corrected chi connectivity index (χ3v) is 9.16. The maximum Gasteiger partial charge on any atom is 0.245 e. The molecule has 1 aromatic heterocycles. The van der Waals surface area contributed by atoms with Crippen LogP contribution in [0, 0.1) is 6.92 Å². The van der Waals surface area contributed by atoms with E-state index in [0.717, 1.165) is 16.0 Å². The molecular formula is C26H30Cl2N2O4S2. The van der Waals surface area contributed by atoms with Crippen molar-refractivity contribution in [2.75, 3.05) is 26.3 Å². The molecule has 2 aromatic carbocycles. The number of benzene rings is 2. The molecule has 194 valence electrons. The van der Waals surface area contributed by atoms with Crippen LogP contribution in [0.15, 0.2) is 64.9 Å². The van der Waals surface area contributed by atoms with Crippen molar-refractivity contribution in [3.05, 3.63) is 86.0 Å². The van der Waals surface area contributed by atoms with Gasteiger partial charge in [-0.2, -0.15) is 4.31 Å². The van der Waals surface area contributed by atoms with Crippen LogP contribution in [-0.4, -0.2) is 49.8 Å². The summed E-state index contributed by atoms with van der Waals surface area (Å²) in [6, 6.07) is 15.9. The molecule has 0 fully saturated rings. The number of ether oxygens (including phenoxy) is 1. The van der Waals surface area contributed by atoms with E-state index in [1.54, 1.807) is 16.2 Å². The van der Waals surface area contributed by atoms with Crippen LogP contribution in [0.5, 0.6) is 0 Å². The molecule has 0 bridgehead atoms. The van der Waals surface area contributed by atoms with Gasteiger partial charge >= 0.3 is 0 Å². The number of carbonyl (C=O) groups excluding carboxylic acids is 1. The minimum absolute atomic E-state index is 0.0528. The fourth-order valence-electron chi connectivity index (χ4n) is 3.61. The van der Waals surface area contributed by atoms with Gasteiger partial charge in [0.05, 0.1) is 18.1 Å². The van der Waals surface area contributed by atoms with Gasteiger partial charge in [-0.15, -0.1) is 11.3 Å². The van der Waals surface area contributed by atoms with Crippen molar-refractivity contribution in [1.82, 2.24) is 9.21 Å². The first-order chi connectivity index (χ1) is 17.2. The molecule has 0 aliphatic rings. The summed E-state index contributed by atoms with van der Waals surface area (Å²) in [4.78, 5) is 16.3. The standard InChI is InChI=1S/C26H30Cl2N2O4S2/c1-3-34-14-7-13-30(36(32,33)25-16-22(27)10-11-23(25)28)19-26(31)29(17-21-8-5-4-6-9-21)18-24-20(2)12-15-35-24/h4-6,8-12,15-16H,3,7,13-14,17-19H2,1-2H3. The average Bonchev–Trinajstić information content (AvgIpc) is 3.26. The molecule has 0 atom stereocenters. The summed E-state index contributed by atoms with van der Waals surface area (Å²) < 4.78 is 33.8. The third kappa shape index (κ3) is 7.78. The summed E-state index contributed by atoms with van der Waals surface area (Å²) in [7, 11) is -4.10. The third-order valence-electron chi connectivity index (χ3n) is 5.59. The Hall–Kier alpha value is -1.94. The highest BCUT2D eigenvalue weighted by Crippen LogP contribution is 2.28. The van der Waals surface area contributed by atoms with Crippen LogP contribution in [0.2, 0.25) is 10.0 Å². The molecule has 0 saturated heterocycles. The van der Waals surface area contributed by atoms with Crippen molar-refractivity contribution in [3.8, 4) is 0 Å². The maximum absolute atomic E-state index is 13.6. The molecule has 3 rings (SSSR count). The molecule has 10 heteroatoms. The van der Waals surface area contributed by atoms with Gasteiger partial charge in [-0.25, -0.2) is 8.42 Å². The van der Waals surface area contributed by atoms with Gasteiger partial charge < -0.3 is 9.64 Å². The van der Waals surface area contributed by atoms with Crippen molar-refractivity contribution in [1.29, 1.82) is 0 Å². The molecule has 6 nitrogen and oxygen atoms in total. The number of aryl methyl sites for hydroxylation is 1. The predicted molar refractivity (Wildman–Crippen MR) is 146 cm³/mol. The van der Waals surface area contributed by atoms with Gasteiger partial charge in [-0.3, -0.25) is 4.79 Å². The van der Waals surface area contributed by atoms with Gasteiger partial charge in [-0.05, 0) is 61.0 Å². The number of amides is 1. The number of rotatable bonds is 13. The zero-order valence-corrected chi connectivity index (χ0v) is 23.5. The minimum atomic E-state index is -4.10. The zero-order valence-electron chi connectivity index (χ0n) is 20.3. The molecule has 3 aromatic rings. The highest BCUT2D eigenvalue weighted by atomic mass is 35.5. The smallest absolute Gasteiger partial charge is 0.245 e. The van der Waals surface area contributed by atoms with Crippen molar-refractivity contribution in [2.45, 2.75) is 38.3 Å². The summed E-state index contributed by atoms with van der Waals surface area (Å²) in [5.41, 5.74) is 2.06. The zero-order chi connectivity index (χ0) is 26.1. The van der Waals surface area contributed by atoms with Gasteiger partial charge in [0.1, 0.15) is 4.90 Å². The summed E-state index contributed by atoms with van der Waals surface area (Å²) in [5.74, 6) is -0.301. The lowest BCUT2D eigenvalue weighted by Gasteiger charge is -2.28. The van der Waals surface area contributed by atoms with Gasteiger partial charge in [0.25, 0.3) is 0 Å². The van der Waals surface area contributed by atoms with E-state index in [0.29, 0.717) is 32.7 Å². The van der Waals surface area contributed by atoms with Crippen LogP contribution in [0.3, 0.4) is 0 Å². The van der Waals surface area contributed by atoms with E-state index in [4.69, 9.17) is 27.9 Å². The topological polar surface area (TPSA) is 66.9 Å². The van der Waals surface area contributed by atoms with Gasteiger partial charge in [-0.1, -0.05) is 53.5 Å². The van der Waals surface area contributed by atoms with Crippen LogP contribution in [0.4, 0.5) is 0 Å². The predicted octanol–water partition coefficient (Wildman–Crippen LogP) is 6.01. The maximum atomic E-state index is 13.6. The number of thiophene rings is 1. The summed E-state index contributed by atoms with van der Waals surface area (Å²) in [6.45, 7) is 5.31. The first kappa shape index (κ1) is 28.6. The normalized spacial score (nSPS) is 11.7. The number of hydrogen-bond donors (Lipinski definition) is 0. The van der Waals surface area contributed by atoms with E-state index in [1.807, 2.05) is 55.6 Å². The fourth-order valence-corrected chi connectivity index (χ4v) is 6.70. The highest BCUT2D eigenvalue weighted by molar-refractivity contribution is 7.89. The average molecular weight is 570 g/mol. The van der Waals surface area contributed by atoms with Crippen molar-refractivity contribution in [3.63, 3.8) is 0 Å². The minimum Gasteiger partial charge on any atom is -0.382 e. The number of halogens is 2. The van der Waals surface area contributed by atoms with Crippen molar-refractivity contribution in [2.24, 2.45) is 0 Å². The van der Waals surface area contributed by atoms with Crippen molar-refractivity contribution < 1.29 is 17.9 Å². The number of nitrogens with zero attached hydrogens (tertiary/aromatic N) is 2. The van der Waals surface area contributed by atoms with Gasteiger partial charge in [0, 0.05) is 36.2 Å². The SMILES string of the molecule is CCOCCCN(CC(=O)N(Cc1ccccc1)Cc1sccc1C)S(=O)(=O)c1cc(Cl)ccc1Cl. The van der Waals surface area contributed by atoms with Crippen LogP contribution in [0.25, 0.3) is 0 Å². The Kier molecular flexibility index (Phi) is 10.8. The lowest BCUT2D eigenvalue weighted by Crippen LogP contribution is -2.43. The highest BCUT2D eigenvalue weighted by Gasteiger charge is 2.30. The van der Waals surface area contributed by atoms with E-state index in [2.05, 4.69) is 0 Å². The van der Waals surface area contributed by atoms with Crippen molar-refractivity contribution >= 4 is 50.5 Å². The van der Waals surface area contributed by atoms with Crippen LogP contribution < -0.4 is 0 Å². The lowest BCUT2D eigenvalue weighted by atomic mass is 10.2. The van der Waals surface area contributed by atoms with E-state index in [9.17, 15) is 13.2 Å². The summed E-state index contributed by atoms with van der Waals surface area (Å²) in [5, 5.41) is 2.29. The van der Waals surface area contributed by atoms with E-state index >= 15 is 0 Å². The Bertz CT molecular complexity index is 1250. The van der Waals surface area contributed by atoms with Crippen LogP contribution in [0.1, 0.15) is 29.3 Å². The first-order valence-electron chi connectivity index (χ1n) is 11.6. The van der Waals surface area contributed by atoms with E-state index < -0.39 is 10.0 Å². The van der Waals surface area contributed by atoms with Crippen LogP contribution >= 0.6 is 34.5 Å². The summed E-state index contributed by atoms with van der Waals surface area (Å²) >= 11 is 13.9. The molecule has 0 aliphatic heterocycles. The number of hydrogen-bond acceptors (Lipinski definition) is 5. The Balaban J connectivity index is 1.90. The van der Waals surface area contributed by atoms with Gasteiger partial charge in [0.2, 0.25) is 15.9 Å². The number of carbonyl (C=O) groups is 1. The molecule has 0 saturated carbocycles. The molecule has 1 heterocycles. The second-order valence-corrected chi connectivity index (χ2v) is 12.0. The monoisotopic (exact) mass is 568 g/mol. The first-order valence-corrected chi connectivity index (χ1v) is 14.7. The number of sulfonamides is 1. The molecular weight excluding hydrogens is 539 g/mol. The Labute approximate surface area is 227 Å². The lowest BCUT2D eigenvalue weighted by molar-refractivity contribution is -0.132. The fraction of sp³-hybridized carbons (Fsp3) is 0.346. The molecule has 0 unspecified atom stereocenters. The van der Waals surface area contributed by atoms with Gasteiger partial charge in [0.15, 0.2) is 0 Å². The summed E-state index contributed by atoms with van der Waals surface area (Å²) in [6.07, 6.45) is 0.432. The molecule has 0 radical (unpaired) electrons. The Morgan fingerprint density at radius 1 is 1.06 bits per heavy atom. The molecule has 1 amide bonds. The molecule has 0 N–H and O–H groups in total.